The Balaban J connectivity index is 1.91. The van der Waals surface area contributed by atoms with Crippen molar-refractivity contribution in [3.05, 3.63) is 52.8 Å². The maximum absolute atomic E-state index is 13.2. The highest BCUT2D eigenvalue weighted by atomic mass is 35.5. The van der Waals surface area contributed by atoms with E-state index in [9.17, 15) is 9.18 Å². The van der Waals surface area contributed by atoms with E-state index in [1.165, 1.54) is 12.1 Å². The Morgan fingerprint density at radius 2 is 2.32 bits per heavy atom. The Morgan fingerprint density at radius 3 is 2.95 bits per heavy atom. The fourth-order valence-electron chi connectivity index (χ4n) is 1.67. The van der Waals surface area contributed by atoms with Gasteiger partial charge in [0.25, 0.3) is 5.91 Å². The van der Waals surface area contributed by atoms with Gasteiger partial charge in [-0.3, -0.25) is 4.79 Å². The van der Waals surface area contributed by atoms with Gasteiger partial charge >= 0.3 is 0 Å². The van der Waals surface area contributed by atoms with Crippen molar-refractivity contribution in [1.82, 2.24) is 14.9 Å². The predicted molar refractivity (Wildman–Crippen MR) is 70.7 cm³/mol. The molecule has 100 valence electrons. The van der Waals surface area contributed by atoms with Crippen LogP contribution in [0, 0.1) is 5.82 Å². The molecule has 0 aliphatic heterocycles. The standard InChI is InChI=1S/C13H13ClFN3O/c1-18-8-16-7-10(18)4-5-17-13(19)9-2-3-11(14)12(15)6-9/h2-3,6-8H,4-5H2,1H3,(H,17,19). The van der Waals surface area contributed by atoms with Crippen LogP contribution in [0.25, 0.3) is 0 Å². The van der Waals surface area contributed by atoms with E-state index in [0.29, 0.717) is 13.0 Å². The number of nitrogens with zero attached hydrogens (tertiary/aromatic N) is 2. The molecule has 0 bridgehead atoms. The van der Waals surface area contributed by atoms with Crippen LogP contribution < -0.4 is 5.32 Å². The summed E-state index contributed by atoms with van der Waals surface area (Å²) in [6, 6.07) is 3.99. The van der Waals surface area contributed by atoms with Crippen LogP contribution in [0.4, 0.5) is 4.39 Å². The maximum Gasteiger partial charge on any atom is 0.251 e. The molecule has 0 saturated carbocycles. The Labute approximate surface area is 115 Å². The van der Waals surface area contributed by atoms with Crippen LogP contribution in [-0.2, 0) is 13.5 Å². The Morgan fingerprint density at radius 1 is 1.53 bits per heavy atom. The van der Waals surface area contributed by atoms with Gasteiger partial charge in [0.2, 0.25) is 0 Å². The molecule has 19 heavy (non-hydrogen) atoms. The average molecular weight is 282 g/mol. The minimum Gasteiger partial charge on any atom is -0.352 e. The Hall–Kier alpha value is -1.88. The molecule has 1 aromatic carbocycles. The molecule has 4 nitrogen and oxygen atoms in total. The third-order valence-corrected chi connectivity index (χ3v) is 3.07. The van der Waals surface area contributed by atoms with Crippen LogP contribution in [0.2, 0.25) is 5.02 Å². The summed E-state index contributed by atoms with van der Waals surface area (Å²) >= 11 is 5.56. The first kappa shape index (κ1) is 13.5. The fraction of sp³-hybridized carbons (Fsp3) is 0.231. The van der Waals surface area contributed by atoms with Crippen LogP contribution in [0.1, 0.15) is 16.1 Å². The van der Waals surface area contributed by atoms with Gasteiger partial charge in [0.15, 0.2) is 0 Å². The SMILES string of the molecule is Cn1cncc1CCNC(=O)c1ccc(Cl)c(F)c1. The number of aryl methyl sites for hydroxylation is 1. The summed E-state index contributed by atoms with van der Waals surface area (Å²) in [4.78, 5) is 15.8. The first-order valence-electron chi connectivity index (χ1n) is 5.76. The van der Waals surface area contributed by atoms with E-state index in [0.717, 1.165) is 11.8 Å². The van der Waals surface area contributed by atoms with Gasteiger partial charge in [-0.25, -0.2) is 9.37 Å². The zero-order valence-corrected chi connectivity index (χ0v) is 11.1. The summed E-state index contributed by atoms with van der Waals surface area (Å²) < 4.78 is 15.1. The number of benzene rings is 1. The third-order valence-electron chi connectivity index (χ3n) is 2.76. The lowest BCUT2D eigenvalue weighted by molar-refractivity contribution is 0.0953. The molecular formula is C13H13ClFN3O. The molecule has 1 aromatic heterocycles. The van der Waals surface area contributed by atoms with Gasteiger partial charge in [-0.1, -0.05) is 11.6 Å². The van der Waals surface area contributed by atoms with Gasteiger partial charge in [-0.05, 0) is 18.2 Å². The lowest BCUT2D eigenvalue weighted by Crippen LogP contribution is -2.26. The lowest BCUT2D eigenvalue weighted by Gasteiger charge is -2.06. The van der Waals surface area contributed by atoms with Gasteiger partial charge in [0.1, 0.15) is 5.82 Å². The molecule has 1 N–H and O–H groups in total. The highest BCUT2D eigenvalue weighted by Crippen LogP contribution is 2.15. The van der Waals surface area contributed by atoms with Gasteiger partial charge in [-0.2, -0.15) is 0 Å². The average Bonchev–Trinajstić information content (AvgIpc) is 2.78. The minimum atomic E-state index is -0.596. The van der Waals surface area contributed by atoms with Crippen molar-refractivity contribution in [3.8, 4) is 0 Å². The number of imidazole rings is 1. The summed E-state index contributed by atoms with van der Waals surface area (Å²) in [5.41, 5.74) is 1.27. The molecule has 0 spiro atoms. The van der Waals surface area contributed by atoms with E-state index >= 15 is 0 Å². The second-order valence-electron chi connectivity index (χ2n) is 4.13. The largest absolute Gasteiger partial charge is 0.352 e. The van der Waals surface area contributed by atoms with Gasteiger partial charge in [0.05, 0.1) is 11.3 Å². The quantitative estimate of drug-likeness (QED) is 0.934. The number of hydrogen-bond donors (Lipinski definition) is 1. The first-order chi connectivity index (χ1) is 9.08. The number of aromatic nitrogens is 2. The summed E-state index contributed by atoms with van der Waals surface area (Å²) in [7, 11) is 1.89. The van der Waals surface area contributed by atoms with E-state index in [1.807, 2.05) is 11.6 Å². The number of halogens is 2. The summed E-state index contributed by atoms with van der Waals surface area (Å²) in [5.74, 6) is -0.918. The summed E-state index contributed by atoms with van der Waals surface area (Å²) in [6.45, 7) is 0.461. The van der Waals surface area contributed by atoms with Gasteiger partial charge < -0.3 is 9.88 Å². The monoisotopic (exact) mass is 281 g/mol. The van der Waals surface area contributed by atoms with Crippen LogP contribution >= 0.6 is 11.6 Å². The van der Waals surface area contributed by atoms with E-state index < -0.39 is 5.82 Å². The van der Waals surface area contributed by atoms with Crippen molar-refractivity contribution in [3.63, 3.8) is 0 Å². The molecular weight excluding hydrogens is 269 g/mol. The van der Waals surface area contributed by atoms with Crippen LogP contribution in [0.3, 0.4) is 0 Å². The number of rotatable bonds is 4. The number of carbonyl (C=O) groups is 1. The zero-order chi connectivity index (χ0) is 13.8. The lowest BCUT2D eigenvalue weighted by atomic mass is 10.2. The van der Waals surface area contributed by atoms with Crippen molar-refractivity contribution < 1.29 is 9.18 Å². The third kappa shape index (κ3) is 3.32. The molecule has 1 amide bonds. The van der Waals surface area contributed by atoms with E-state index in [1.54, 1.807) is 12.5 Å². The number of hydrogen-bond acceptors (Lipinski definition) is 2. The smallest absolute Gasteiger partial charge is 0.251 e. The molecule has 0 radical (unpaired) electrons. The highest BCUT2D eigenvalue weighted by molar-refractivity contribution is 6.30. The molecule has 0 saturated heterocycles. The van der Waals surface area contributed by atoms with Crippen molar-refractivity contribution in [2.75, 3.05) is 6.54 Å². The number of carbonyl (C=O) groups excluding carboxylic acids is 1. The normalized spacial score (nSPS) is 10.5. The predicted octanol–water partition coefficient (Wildman–Crippen LogP) is 2.19. The summed E-state index contributed by atoms with van der Waals surface area (Å²) in [5, 5.41) is 2.73. The van der Waals surface area contributed by atoms with Crippen molar-refractivity contribution in [2.45, 2.75) is 6.42 Å². The van der Waals surface area contributed by atoms with Gasteiger partial charge in [-0.15, -0.1) is 0 Å². The van der Waals surface area contributed by atoms with Crippen molar-refractivity contribution in [2.24, 2.45) is 7.05 Å². The van der Waals surface area contributed by atoms with Crippen LogP contribution in [0.5, 0.6) is 0 Å². The zero-order valence-electron chi connectivity index (χ0n) is 10.4. The van der Waals surface area contributed by atoms with E-state index in [-0.39, 0.29) is 16.5 Å². The number of nitrogens with one attached hydrogen (secondary N) is 1. The molecule has 2 aromatic rings. The Bertz CT molecular complexity index is 597. The first-order valence-corrected chi connectivity index (χ1v) is 6.14. The number of amides is 1. The minimum absolute atomic E-state index is 0.00596. The topological polar surface area (TPSA) is 46.9 Å². The molecule has 0 aliphatic rings. The molecule has 0 fully saturated rings. The fourth-order valence-corrected chi connectivity index (χ4v) is 1.79. The van der Waals surface area contributed by atoms with E-state index in [4.69, 9.17) is 11.6 Å². The molecule has 6 heteroatoms. The maximum atomic E-state index is 13.2. The molecule has 1 heterocycles. The second-order valence-corrected chi connectivity index (χ2v) is 4.54. The molecule has 2 rings (SSSR count). The van der Waals surface area contributed by atoms with Crippen LogP contribution in [0.15, 0.2) is 30.7 Å². The van der Waals surface area contributed by atoms with Crippen LogP contribution in [-0.4, -0.2) is 22.0 Å². The molecule has 0 aliphatic carbocycles. The van der Waals surface area contributed by atoms with Crippen molar-refractivity contribution >= 4 is 17.5 Å². The second kappa shape index (κ2) is 5.84. The van der Waals surface area contributed by atoms with E-state index in [2.05, 4.69) is 10.3 Å². The van der Waals surface area contributed by atoms with Gasteiger partial charge in [0, 0.05) is 37.5 Å². The molecule has 0 unspecified atom stereocenters. The Kier molecular flexibility index (Phi) is 4.16. The molecule has 0 atom stereocenters. The van der Waals surface area contributed by atoms with Crippen molar-refractivity contribution in [1.29, 1.82) is 0 Å². The summed E-state index contributed by atoms with van der Waals surface area (Å²) in [6.07, 6.45) is 4.11. The highest BCUT2D eigenvalue weighted by Gasteiger charge is 2.08.